The van der Waals surface area contributed by atoms with E-state index in [9.17, 15) is 9.59 Å². The van der Waals surface area contributed by atoms with Crippen LogP contribution < -0.4 is 5.32 Å². The summed E-state index contributed by atoms with van der Waals surface area (Å²) in [5, 5.41) is 2.98. The van der Waals surface area contributed by atoms with Gasteiger partial charge in [-0.05, 0) is 59.7 Å². The summed E-state index contributed by atoms with van der Waals surface area (Å²) >= 11 is 0. The second kappa shape index (κ2) is 9.76. The van der Waals surface area contributed by atoms with Crippen LogP contribution >= 0.6 is 0 Å². The standard InChI is InChI=1S/C20H33N3O3/c1-15(2)23(20(25)18-14-16(3)26-17(18)4)12-8-19(24)21-9-13-22-10-6-5-7-11-22/h14-15H,5-13H2,1-4H3,(H,21,24). The van der Waals surface area contributed by atoms with Crippen LogP contribution in [0.4, 0.5) is 0 Å². The third-order valence-electron chi connectivity index (χ3n) is 4.93. The van der Waals surface area contributed by atoms with E-state index in [4.69, 9.17) is 4.42 Å². The fraction of sp³-hybridized carbons (Fsp3) is 0.700. The minimum absolute atomic E-state index is 0.000514. The predicted molar refractivity (Wildman–Crippen MR) is 102 cm³/mol. The fourth-order valence-electron chi connectivity index (χ4n) is 3.44. The first-order valence-corrected chi connectivity index (χ1v) is 9.75. The van der Waals surface area contributed by atoms with Crippen molar-refractivity contribution in [2.45, 2.75) is 59.4 Å². The quantitative estimate of drug-likeness (QED) is 0.771. The van der Waals surface area contributed by atoms with Gasteiger partial charge in [0.2, 0.25) is 5.91 Å². The average Bonchev–Trinajstić information content (AvgIpc) is 2.94. The van der Waals surface area contributed by atoms with Crippen LogP contribution in [0, 0.1) is 13.8 Å². The molecule has 1 aliphatic heterocycles. The SMILES string of the molecule is Cc1cc(C(=O)N(CCC(=O)NCCN2CCCCC2)C(C)C)c(C)o1. The zero-order chi connectivity index (χ0) is 19.1. The number of likely N-dealkylation sites (tertiary alicyclic amines) is 1. The molecule has 1 aliphatic rings. The molecule has 2 amide bonds. The first-order valence-electron chi connectivity index (χ1n) is 9.75. The van der Waals surface area contributed by atoms with Crippen molar-refractivity contribution in [3.05, 3.63) is 23.2 Å². The van der Waals surface area contributed by atoms with Crippen LogP contribution in [0.25, 0.3) is 0 Å². The first kappa shape index (κ1) is 20.5. The number of aryl methyl sites for hydroxylation is 2. The number of nitrogens with one attached hydrogen (secondary N) is 1. The van der Waals surface area contributed by atoms with Crippen molar-refractivity contribution in [1.82, 2.24) is 15.1 Å². The molecule has 1 aromatic rings. The van der Waals surface area contributed by atoms with E-state index in [0.29, 0.717) is 30.8 Å². The lowest BCUT2D eigenvalue weighted by atomic mass is 10.1. The summed E-state index contributed by atoms with van der Waals surface area (Å²) in [4.78, 5) is 29.1. The number of rotatable bonds is 8. The van der Waals surface area contributed by atoms with Gasteiger partial charge in [-0.25, -0.2) is 0 Å². The van der Waals surface area contributed by atoms with E-state index in [1.165, 1.54) is 19.3 Å². The predicted octanol–water partition coefficient (Wildman–Crippen LogP) is 2.74. The van der Waals surface area contributed by atoms with Crippen LogP contribution in [-0.4, -0.2) is 60.4 Å². The van der Waals surface area contributed by atoms with Gasteiger partial charge < -0.3 is 19.5 Å². The van der Waals surface area contributed by atoms with Crippen molar-refractivity contribution in [1.29, 1.82) is 0 Å². The van der Waals surface area contributed by atoms with Crippen molar-refractivity contribution < 1.29 is 14.0 Å². The summed E-state index contributed by atoms with van der Waals surface area (Å²) in [5.74, 6) is 1.28. The molecule has 1 saturated heterocycles. The van der Waals surface area contributed by atoms with Gasteiger partial charge in [0.25, 0.3) is 5.91 Å². The molecule has 2 rings (SSSR count). The number of carbonyl (C=O) groups excluding carboxylic acids is 2. The van der Waals surface area contributed by atoms with E-state index >= 15 is 0 Å². The molecule has 0 saturated carbocycles. The Morgan fingerprint density at radius 1 is 1.23 bits per heavy atom. The number of amides is 2. The largest absolute Gasteiger partial charge is 0.466 e. The fourth-order valence-corrected chi connectivity index (χ4v) is 3.44. The zero-order valence-corrected chi connectivity index (χ0v) is 16.6. The lowest BCUT2D eigenvalue weighted by Crippen LogP contribution is -2.41. The van der Waals surface area contributed by atoms with Crippen LogP contribution in [-0.2, 0) is 4.79 Å². The van der Waals surface area contributed by atoms with Crippen molar-refractivity contribution in [2.24, 2.45) is 0 Å². The molecule has 1 N–H and O–H groups in total. The Labute approximate surface area is 156 Å². The summed E-state index contributed by atoms with van der Waals surface area (Å²) in [6.45, 7) is 11.8. The van der Waals surface area contributed by atoms with Crippen molar-refractivity contribution in [3.8, 4) is 0 Å². The number of nitrogens with zero attached hydrogens (tertiary/aromatic N) is 2. The molecule has 0 aliphatic carbocycles. The van der Waals surface area contributed by atoms with E-state index in [2.05, 4.69) is 10.2 Å². The highest BCUT2D eigenvalue weighted by atomic mass is 16.3. The second-order valence-electron chi connectivity index (χ2n) is 7.42. The molecule has 2 heterocycles. The third kappa shape index (κ3) is 5.87. The average molecular weight is 364 g/mol. The van der Waals surface area contributed by atoms with Crippen molar-refractivity contribution >= 4 is 11.8 Å². The monoisotopic (exact) mass is 363 g/mol. The van der Waals surface area contributed by atoms with E-state index in [0.717, 1.165) is 25.4 Å². The Bertz CT molecular complexity index is 603. The number of piperidine rings is 1. The van der Waals surface area contributed by atoms with E-state index in [1.807, 2.05) is 20.8 Å². The highest BCUT2D eigenvalue weighted by Crippen LogP contribution is 2.17. The zero-order valence-electron chi connectivity index (χ0n) is 16.6. The van der Waals surface area contributed by atoms with Gasteiger partial charge in [0, 0.05) is 32.1 Å². The lowest BCUT2D eigenvalue weighted by Gasteiger charge is -2.27. The maximum atomic E-state index is 12.8. The van der Waals surface area contributed by atoms with Crippen LogP contribution in [0.15, 0.2) is 10.5 Å². The molecule has 6 heteroatoms. The van der Waals surface area contributed by atoms with Crippen LogP contribution in [0.1, 0.15) is 61.4 Å². The topological polar surface area (TPSA) is 65.8 Å². The van der Waals surface area contributed by atoms with Gasteiger partial charge in [-0.15, -0.1) is 0 Å². The summed E-state index contributed by atoms with van der Waals surface area (Å²) in [5.41, 5.74) is 0.585. The molecule has 0 unspecified atom stereocenters. The Hall–Kier alpha value is -1.82. The van der Waals surface area contributed by atoms with Crippen LogP contribution in [0.5, 0.6) is 0 Å². The second-order valence-corrected chi connectivity index (χ2v) is 7.42. The Morgan fingerprint density at radius 3 is 2.50 bits per heavy atom. The molecular weight excluding hydrogens is 330 g/mol. The summed E-state index contributed by atoms with van der Waals surface area (Å²) in [7, 11) is 0. The molecule has 0 bridgehead atoms. The van der Waals surface area contributed by atoms with Crippen LogP contribution in [0.3, 0.4) is 0 Å². The van der Waals surface area contributed by atoms with E-state index in [1.54, 1.807) is 17.9 Å². The first-order chi connectivity index (χ1) is 12.4. The smallest absolute Gasteiger partial charge is 0.257 e. The molecule has 1 aromatic heterocycles. The van der Waals surface area contributed by atoms with Crippen molar-refractivity contribution in [3.63, 3.8) is 0 Å². The minimum Gasteiger partial charge on any atom is -0.466 e. The molecule has 0 aromatic carbocycles. The Balaban J connectivity index is 1.79. The number of hydrogen-bond donors (Lipinski definition) is 1. The number of hydrogen-bond acceptors (Lipinski definition) is 4. The van der Waals surface area contributed by atoms with Gasteiger partial charge in [0.15, 0.2) is 0 Å². The van der Waals surface area contributed by atoms with Gasteiger partial charge in [0.05, 0.1) is 5.56 Å². The van der Waals surface area contributed by atoms with E-state index < -0.39 is 0 Å². The minimum atomic E-state index is -0.0736. The highest BCUT2D eigenvalue weighted by Gasteiger charge is 2.23. The molecule has 1 fully saturated rings. The molecule has 6 nitrogen and oxygen atoms in total. The molecule has 26 heavy (non-hydrogen) atoms. The molecule has 0 radical (unpaired) electrons. The maximum absolute atomic E-state index is 12.8. The molecular formula is C20H33N3O3. The Morgan fingerprint density at radius 2 is 1.92 bits per heavy atom. The van der Waals surface area contributed by atoms with Gasteiger partial charge in [-0.1, -0.05) is 6.42 Å². The molecule has 0 atom stereocenters. The molecule has 146 valence electrons. The normalized spacial score (nSPS) is 15.3. The van der Waals surface area contributed by atoms with Crippen molar-refractivity contribution in [2.75, 3.05) is 32.7 Å². The van der Waals surface area contributed by atoms with E-state index in [-0.39, 0.29) is 17.9 Å². The van der Waals surface area contributed by atoms with Gasteiger partial charge in [-0.3, -0.25) is 9.59 Å². The summed E-state index contributed by atoms with van der Waals surface area (Å²) < 4.78 is 5.47. The third-order valence-corrected chi connectivity index (χ3v) is 4.93. The highest BCUT2D eigenvalue weighted by molar-refractivity contribution is 5.95. The maximum Gasteiger partial charge on any atom is 0.257 e. The number of carbonyl (C=O) groups is 2. The van der Waals surface area contributed by atoms with Crippen LogP contribution in [0.2, 0.25) is 0 Å². The van der Waals surface area contributed by atoms with Gasteiger partial charge in [-0.2, -0.15) is 0 Å². The van der Waals surface area contributed by atoms with Gasteiger partial charge >= 0.3 is 0 Å². The number of furan rings is 1. The lowest BCUT2D eigenvalue weighted by molar-refractivity contribution is -0.121. The van der Waals surface area contributed by atoms with Gasteiger partial charge in [0.1, 0.15) is 11.5 Å². The summed E-state index contributed by atoms with van der Waals surface area (Å²) in [6.07, 6.45) is 4.15. The molecule has 0 spiro atoms. The Kier molecular flexibility index (Phi) is 7.69. The summed E-state index contributed by atoms with van der Waals surface area (Å²) in [6, 6.07) is 1.80.